The number of hydrogen-bond donors (Lipinski definition) is 1. The van der Waals surface area contributed by atoms with E-state index < -0.39 is 27.9 Å². The standard InChI is InChI=1S/C18H39N.C8H17NO5S/c1-4-5-6-7-8-9-10-11-12-13-14-15-16-17-18-19(2)3;1-9(2,3)7(8(10)11)5-4-6-15(12,13)14/h4-18H2,1-3H3;7H,4-6H2,1-3H3,(H-,10,11,12,13,14). The minimum Gasteiger partial charge on any atom is -0.748 e. The molecular formula is C26H56N2O5S. The molecule has 0 aromatic carbocycles. The van der Waals surface area contributed by atoms with Crippen LogP contribution in [0, 0.1) is 0 Å². The second-order valence-electron chi connectivity index (χ2n) is 10.8. The SMILES string of the molecule is CCCCCCCCCCCCCCCCN(C)C.C[N+](C)(C)C(CCCS(=O)(=O)[O-])C(=O)O. The highest BCUT2D eigenvalue weighted by atomic mass is 32.2. The minimum absolute atomic E-state index is 0.0817. The number of aliphatic carboxylic acids is 1. The molecule has 1 atom stereocenters. The average Bonchev–Trinajstić information content (AvgIpc) is 2.70. The van der Waals surface area contributed by atoms with Crippen LogP contribution in [0.15, 0.2) is 0 Å². The van der Waals surface area contributed by atoms with E-state index in [4.69, 9.17) is 5.11 Å². The van der Waals surface area contributed by atoms with Crippen LogP contribution >= 0.6 is 0 Å². The number of carboxylic acids is 1. The van der Waals surface area contributed by atoms with Gasteiger partial charge in [0.05, 0.1) is 31.3 Å². The summed E-state index contributed by atoms with van der Waals surface area (Å²) in [5.41, 5.74) is 0. The number of quaternary nitrogens is 1. The maximum Gasteiger partial charge on any atom is 0.362 e. The van der Waals surface area contributed by atoms with E-state index in [1.165, 1.54) is 96.4 Å². The molecule has 0 heterocycles. The van der Waals surface area contributed by atoms with E-state index in [-0.39, 0.29) is 17.3 Å². The number of nitrogens with zero attached hydrogens (tertiary/aromatic N) is 2. The Balaban J connectivity index is 0. The van der Waals surface area contributed by atoms with Crippen molar-refractivity contribution in [3.05, 3.63) is 0 Å². The maximum absolute atomic E-state index is 10.9. The lowest BCUT2D eigenvalue weighted by molar-refractivity contribution is -0.887. The van der Waals surface area contributed by atoms with Crippen molar-refractivity contribution in [3.8, 4) is 0 Å². The summed E-state index contributed by atoms with van der Waals surface area (Å²) >= 11 is 0. The zero-order chi connectivity index (χ0) is 26.5. The van der Waals surface area contributed by atoms with Gasteiger partial charge in [-0.25, -0.2) is 13.2 Å². The Kier molecular flexibility index (Phi) is 22.5. The normalized spacial score (nSPS) is 12.9. The van der Waals surface area contributed by atoms with Crippen molar-refractivity contribution in [3.63, 3.8) is 0 Å². The molecule has 206 valence electrons. The summed E-state index contributed by atoms with van der Waals surface area (Å²) in [6.45, 7) is 3.55. The van der Waals surface area contributed by atoms with Crippen LogP contribution in [0.3, 0.4) is 0 Å². The summed E-state index contributed by atoms with van der Waals surface area (Å²) in [6, 6.07) is -0.688. The molecule has 34 heavy (non-hydrogen) atoms. The van der Waals surface area contributed by atoms with Crippen LogP contribution < -0.4 is 0 Å². The van der Waals surface area contributed by atoms with Gasteiger partial charge in [0.25, 0.3) is 0 Å². The van der Waals surface area contributed by atoms with Gasteiger partial charge in [-0.3, -0.25) is 0 Å². The van der Waals surface area contributed by atoms with Gasteiger partial charge in [-0.15, -0.1) is 0 Å². The first-order valence-electron chi connectivity index (χ1n) is 13.4. The molecule has 8 heteroatoms. The molecule has 0 saturated carbocycles. The lowest BCUT2D eigenvalue weighted by Gasteiger charge is -2.31. The molecule has 0 aromatic rings. The molecule has 0 radical (unpaired) electrons. The van der Waals surface area contributed by atoms with Gasteiger partial charge in [0.1, 0.15) is 0 Å². The monoisotopic (exact) mass is 508 g/mol. The summed E-state index contributed by atoms with van der Waals surface area (Å²) < 4.78 is 31.2. The fraction of sp³-hybridized carbons (Fsp3) is 0.962. The van der Waals surface area contributed by atoms with Crippen LogP contribution in [0.5, 0.6) is 0 Å². The van der Waals surface area contributed by atoms with Gasteiger partial charge in [-0.2, -0.15) is 0 Å². The zero-order valence-electron chi connectivity index (χ0n) is 23.2. The van der Waals surface area contributed by atoms with Gasteiger partial charge in [0.15, 0.2) is 6.04 Å². The number of unbranched alkanes of at least 4 members (excludes halogenated alkanes) is 13. The molecule has 0 saturated heterocycles. The smallest absolute Gasteiger partial charge is 0.362 e. The van der Waals surface area contributed by atoms with E-state index in [9.17, 15) is 17.8 Å². The lowest BCUT2D eigenvalue weighted by Crippen LogP contribution is -2.49. The van der Waals surface area contributed by atoms with Crippen molar-refractivity contribution >= 4 is 16.1 Å². The first-order valence-corrected chi connectivity index (χ1v) is 15.0. The van der Waals surface area contributed by atoms with Crippen LogP contribution in [0.25, 0.3) is 0 Å². The average molecular weight is 509 g/mol. The molecule has 1 unspecified atom stereocenters. The van der Waals surface area contributed by atoms with E-state index in [0.29, 0.717) is 0 Å². The summed E-state index contributed by atoms with van der Waals surface area (Å²) in [5.74, 6) is -1.48. The predicted molar refractivity (Wildman–Crippen MR) is 142 cm³/mol. The molecule has 0 aliphatic heterocycles. The van der Waals surface area contributed by atoms with Crippen molar-refractivity contribution in [2.45, 2.75) is 116 Å². The highest BCUT2D eigenvalue weighted by Gasteiger charge is 2.30. The van der Waals surface area contributed by atoms with E-state index in [1.807, 2.05) is 0 Å². The van der Waals surface area contributed by atoms with E-state index in [2.05, 4.69) is 25.9 Å². The Morgan fingerprint density at radius 1 is 0.794 bits per heavy atom. The lowest BCUT2D eigenvalue weighted by atomic mass is 10.0. The minimum atomic E-state index is -4.24. The molecule has 1 N–H and O–H groups in total. The molecule has 0 aromatic heterocycles. The van der Waals surface area contributed by atoms with Crippen molar-refractivity contribution in [1.82, 2.24) is 4.90 Å². The van der Waals surface area contributed by atoms with E-state index >= 15 is 0 Å². The molecule has 0 rings (SSSR count). The molecule has 7 nitrogen and oxygen atoms in total. The number of rotatable bonds is 21. The van der Waals surface area contributed by atoms with Crippen molar-refractivity contribution in [2.24, 2.45) is 0 Å². The molecule has 0 aliphatic carbocycles. The van der Waals surface area contributed by atoms with Gasteiger partial charge in [0.2, 0.25) is 0 Å². The third kappa shape index (κ3) is 27.5. The van der Waals surface area contributed by atoms with Gasteiger partial charge in [0, 0.05) is 12.2 Å². The van der Waals surface area contributed by atoms with Gasteiger partial charge >= 0.3 is 5.97 Å². The van der Waals surface area contributed by atoms with Crippen molar-refractivity contribution in [1.29, 1.82) is 0 Å². The maximum atomic E-state index is 10.9. The summed E-state index contributed by atoms with van der Waals surface area (Å²) in [4.78, 5) is 13.2. The van der Waals surface area contributed by atoms with Crippen molar-refractivity contribution < 1.29 is 27.4 Å². The molecular weight excluding hydrogens is 452 g/mol. The zero-order valence-corrected chi connectivity index (χ0v) is 24.0. The Morgan fingerprint density at radius 3 is 1.47 bits per heavy atom. The molecule has 0 bridgehead atoms. The number of carbonyl (C=O) groups is 1. The molecule has 0 spiro atoms. The third-order valence-electron chi connectivity index (χ3n) is 6.05. The van der Waals surface area contributed by atoms with E-state index in [0.717, 1.165) is 0 Å². The summed E-state index contributed by atoms with van der Waals surface area (Å²) in [5, 5.41) is 8.90. The first-order chi connectivity index (χ1) is 15.8. The highest BCUT2D eigenvalue weighted by Crippen LogP contribution is 2.13. The van der Waals surface area contributed by atoms with Crippen LogP contribution in [0.1, 0.15) is 110 Å². The fourth-order valence-electron chi connectivity index (χ4n) is 3.92. The number of hydrogen-bond acceptors (Lipinski definition) is 5. The van der Waals surface area contributed by atoms with Crippen molar-refractivity contribution in [2.75, 3.05) is 47.5 Å². The first kappa shape index (κ1) is 35.5. The predicted octanol–water partition coefficient (Wildman–Crippen LogP) is 5.50. The largest absolute Gasteiger partial charge is 0.748 e. The van der Waals surface area contributed by atoms with Gasteiger partial charge < -0.3 is 19.0 Å². The second kappa shape index (κ2) is 21.6. The number of likely N-dealkylation sites (N-methyl/N-ethyl adjacent to an activating group) is 1. The second-order valence-corrected chi connectivity index (χ2v) is 12.3. The quantitative estimate of drug-likeness (QED) is 0.125. The van der Waals surface area contributed by atoms with Gasteiger partial charge in [-0.05, 0) is 33.5 Å². The summed E-state index contributed by atoms with van der Waals surface area (Å²) in [6.07, 6.45) is 20.6. The van der Waals surface area contributed by atoms with Crippen LogP contribution in [-0.4, -0.2) is 87.0 Å². The highest BCUT2D eigenvalue weighted by molar-refractivity contribution is 7.85. The molecule has 0 fully saturated rings. The number of carboxylic acid groups (broad SMARTS) is 1. The van der Waals surface area contributed by atoms with Crippen LogP contribution in [0.4, 0.5) is 0 Å². The van der Waals surface area contributed by atoms with Gasteiger partial charge in [-0.1, -0.05) is 90.4 Å². The Hall–Kier alpha value is -0.700. The Labute approximate surface area is 211 Å². The fourth-order valence-corrected chi connectivity index (χ4v) is 4.44. The Bertz CT molecular complexity index is 574. The topological polar surface area (TPSA) is 97.7 Å². The Morgan fingerprint density at radius 2 is 1.18 bits per heavy atom. The van der Waals surface area contributed by atoms with Crippen LogP contribution in [0.2, 0.25) is 0 Å². The molecule has 0 amide bonds. The summed E-state index contributed by atoms with van der Waals surface area (Å²) in [7, 11) is 5.24. The van der Waals surface area contributed by atoms with Crippen LogP contribution in [-0.2, 0) is 14.9 Å². The molecule has 0 aliphatic rings. The third-order valence-corrected chi connectivity index (χ3v) is 6.84. The van der Waals surface area contributed by atoms with E-state index in [1.54, 1.807) is 21.1 Å².